The highest BCUT2D eigenvalue weighted by atomic mass is 19.4. The van der Waals surface area contributed by atoms with Gasteiger partial charge in [0.25, 0.3) is 0 Å². The topological polar surface area (TPSA) is 54.2 Å². The Morgan fingerprint density at radius 3 is 2.45 bits per heavy atom. The smallest absolute Gasteiger partial charge is 0.391 e. The third-order valence-corrected chi connectivity index (χ3v) is 3.80. The molecular weight excluding hydrogens is 273 g/mol. The first-order chi connectivity index (χ1) is 9.52. The molecule has 0 radical (unpaired) electrons. The van der Waals surface area contributed by atoms with E-state index in [2.05, 4.69) is 15.5 Å². The predicted octanol–water partition coefficient (Wildman–Crippen LogP) is 2.10. The summed E-state index contributed by atoms with van der Waals surface area (Å²) in [6.07, 6.45) is -1.58. The Kier molecular flexibility index (Phi) is 3.57. The van der Waals surface area contributed by atoms with Gasteiger partial charge in [0.15, 0.2) is 0 Å². The number of anilines is 1. The Labute approximate surface area is 114 Å². The highest BCUT2D eigenvalue weighted by Gasteiger charge is 2.41. The van der Waals surface area contributed by atoms with Crippen LogP contribution in [-0.4, -0.2) is 35.5 Å². The van der Waals surface area contributed by atoms with E-state index >= 15 is 0 Å². The lowest BCUT2D eigenvalue weighted by Gasteiger charge is -2.31. The van der Waals surface area contributed by atoms with E-state index in [0.717, 1.165) is 0 Å². The fraction of sp³-hybridized carbons (Fsp3) is 0.833. The molecule has 5 nitrogen and oxygen atoms in total. The number of nitrogens with zero attached hydrogens (tertiary/aromatic N) is 3. The Morgan fingerprint density at radius 1 is 1.15 bits per heavy atom. The lowest BCUT2D eigenvalue weighted by atomic mass is 9.97. The van der Waals surface area contributed by atoms with Crippen molar-refractivity contribution in [2.45, 2.75) is 44.4 Å². The molecule has 0 amide bonds. The molecule has 1 aliphatic heterocycles. The van der Waals surface area contributed by atoms with Crippen molar-refractivity contribution in [3.8, 4) is 0 Å². The van der Waals surface area contributed by atoms with Crippen LogP contribution in [0.1, 0.15) is 31.6 Å². The van der Waals surface area contributed by atoms with Crippen LogP contribution in [0, 0.1) is 5.92 Å². The molecule has 112 valence electrons. The molecule has 8 heteroatoms. The van der Waals surface area contributed by atoms with Gasteiger partial charge in [0.05, 0.1) is 12.5 Å². The average molecular weight is 290 g/mol. The number of hydrogen-bond donors (Lipinski definition) is 1. The number of aromatic nitrogens is 2. The average Bonchev–Trinajstić information content (AvgIpc) is 3.13. The normalized spacial score (nSPS) is 21.4. The van der Waals surface area contributed by atoms with E-state index in [9.17, 15) is 13.2 Å². The van der Waals surface area contributed by atoms with Crippen LogP contribution >= 0.6 is 0 Å². The largest absolute Gasteiger partial charge is 0.407 e. The lowest BCUT2D eigenvalue weighted by Crippen LogP contribution is -2.39. The second kappa shape index (κ2) is 5.23. The van der Waals surface area contributed by atoms with Crippen LogP contribution in [0.25, 0.3) is 0 Å². The maximum Gasteiger partial charge on any atom is 0.391 e. The van der Waals surface area contributed by atoms with Crippen molar-refractivity contribution in [3.05, 3.63) is 5.89 Å². The number of alkyl halides is 3. The van der Waals surface area contributed by atoms with Crippen LogP contribution in [0.15, 0.2) is 4.42 Å². The van der Waals surface area contributed by atoms with E-state index in [-0.39, 0.29) is 12.8 Å². The van der Waals surface area contributed by atoms with E-state index in [1.54, 1.807) is 4.90 Å². The van der Waals surface area contributed by atoms with Gasteiger partial charge in [-0.15, -0.1) is 5.10 Å². The minimum Gasteiger partial charge on any atom is -0.407 e. The molecule has 1 aliphatic carbocycles. The van der Waals surface area contributed by atoms with Crippen molar-refractivity contribution in [2.75, 3.05) is 18.0 Å². The van der Waals surface area contributed by atoms with Gasteiger partial charge in [-0.05, 0) is 25.7 Å². The zero-order valence-electron chi connectivity index (χ0n) is 11.0. The third kappa shape index (κ3) is 3.23. The molecule has 3 rings (SSSR count). The highest BCUT2D eigenvalue weighted by molar-refractivity contribution is 5.24. The van der Waals surface area contributed by atoms with Crippen LogP contribution in [0.3, 0.4) is 0 Å². The number of halogens is 3. The van der Waals surface area contributed by atoms with Crippen molar-refractivity contribution >= 4 is 6.01 Å². The van der Waals surface area contributed by atoms with Gasteiger partial charge in [-0.1, -0.05) is 5.10 Å². The standard InChI is InChI=1S/C12H17F3N4O/c13-12(14,15)8-3-5-19(6-4-8)11-18-17-10(20-11)7-16-9-1-2-9/h8-9,16H,1-7H2. The quantitative estimate of drug-likeness (QED) is 0.920. The van der Waals surface area contributed by atoms with Crippen LogP contribution in [0.2, 0.25) is 0 Å². The molecular formula is C12H17F3N4O. The molecule has 1 saturated carbocycles. The fourth-order valence-electron chi connectivity index (χ4n) is 2.36. The summed E-state index contributed by atoms with van der Waals surface area (Å²) in [5, 5.41) is 11.1. The highest BCUT2D eigenvalue weighted by Crippen LogP contribution is 2.35. The SMILES string of the molecule is FC(F)(F)C1CCN(c2nnc(CNC3CC3)o2)CC1. The number of rotatable bonds is 4. The molecule has 1 N–H and O–H groups in total. The molecule has 2 fully saturated rings. The summed E-state index contributed by atoms with van der Waals surface area (Å²) < 4.78 is 43.2. The first kappa shape index (κ1) is 13.7. The minimum atomic E-state index is -4.10. The Hall–Kier alpha value is -1.31. The van der Waals surface area contributed by atoms with Crippen molar-refractivity contribution in [2.24, 2.45) is 5.92 Å². The maximum absolute atomic E-state index is 12.6. The third-order valence-electron chi connectivity index (χ3n) is 3.80. The summed E-state index contributed by atoms with van der Waals surface area (Å²) >= 11 is 0. The Bertz CT molecular complexity index is 450. The molecule has 2 heterocycles. The first-order valence-corrected chi connectivity index (χ1v) is 6.90. The number of piperidine rings is 1. The van der Waals surface area contributed by atoms with Crippen LogP contribution in [0.5, 0.6) is 0 Å². The van der Waals surface area contributed by atoms with Gasteiger partial charge in [-0.3, -0.25) is 0 Å². The summed E-state index contributed by atoms with van der Waals surface area (Å²) in [5.41, 5.74) is 0. The van der Waals surface area contributed by atoms with Crippen molar-refractivity contribution in [1.82, 2.24) is 15.5 Å². The molecule has 1 saturated heterocycles. The van der Waals surface area contributed by atoms with Gasteiger partial charge in [0.2, 0.25) is 5.89 Å². The van der Waals surface area contributed by atoms with E-state index in [0.29, 0.717) is 37.6 Å². The molecule has 0 atom stereocenters. The van der Waals surface area contributed by atoms with E-state index < -0.39 is 12.1 Å². The monoisotopic (exact) mass is 290 g/mol. The van der Waals surface area contributed by atoms with Crippen molar-refractivity contribution in [1.29, 1.82) is 0 Å². The van der Waals surface area contributed by atoms with Crippen LogP contribution < -0.4 is 10.2 Å². The van der Waals surface area contributed by atoms with Gasteiger partial charge in [0.1, 0.15) is 0 Å². The first-order valence-electron chi connectivity index (χ1n) is 6.90. The molecule has 20 heavy (non-hydrogen) atoms. The van der Waals surface area contributed by atoms with Gasteiger partial charge in [-0.25, -0.2) is 0 Å². The van der Waals surface area contributed by atoms with Crippen LogP contribution in [0.4, 0.5) is 19.2 Å². The Balaban J connectivity index is 1.52. The molecule has 0 spiro atoms. The van der Waals surface area contributed by atoms with Crippen LogP contribution in [-0.2, 0) is 6.54 Å². The summed E-state index contributed by atoms with van der Waals surface area (Å²) in [6.45, 7) is 1.14. The summed E-state index contributed by atoms with van der Waals surface area (Å²) in [5.74, 6) is -0.720. The number of nitrogens with one attached hydrogen (secondary N) is 1. The molecule has 1 aromatic heterocycles. The van der Waals surface area contributed by atoms with Gasteiger partial charge < -0.3 is 14.6 Å². The van der Waals surface area contributed by atoms with Gasteiger partial charge in [-0.2, -0.15) is 13.2 Å². The van der Waals surface area contributed by atoms with E-state index in [1.165, 1.54) is 12.8 Å². The van der Waals surface area contributed by atoms with E-state index in [4.69, 9.17) is 4.42 Å². The van der Waals surface area contributed by atoms with Crippen molar-refractivity contribution in [3.63, 3.8) is 0 Å². The van der Waals surface area contributed by atoms with Gasteiger partial charge >= 0.3 is 12.2 Å². The molecule has 0 bridgehead atoms. The molecule has 2 aliphatic rings. The second-order valence-corrected chi connectivity index (χ2v) is 5.44. The zero-order chi connectivity index (χ0) is 14.2. The molecule has 1 aromatic rings. The molecule has 0 aromatic carbocycles. The van der Waals surface area contributed by atoms with E-state index in [1.807, 2.05) is 0 Å². The van der Waals surface area contributed by atoms with Gasteiger partial charge in [0, 0.05) is 19.1 Å². The number of hydrogen-bond acceptors (Lipinski definition) is 5. The zero-order valence-corrected chi connectivity index (χ0v) is 11.0. The van der Waals surface area contributed by atoms with Crippen molar-refractivity contribution < 1.29 is 17.6 Å². The fourth-order valence-corrected chi connectivity index (χ4v) is 2.36. The summed E-state index contributed by atoms with van der Waals surface area (Å²) in [4.78, 5) is 1.73. The predicted molar refractivity (Wildman–Crippen MR) is 65.2 cm³/mol. The maximum atomic E-state index is 12.6. The summed E-state index contributed by atoms with van der Waals surface area (Å²) in [6, 6.07) is 0.881. The minimum absolute atomic E-state index is 0.0849. The Morgan fingerprint density at radius 2 is 1.85 bits per heavy atom. The lowest BCUT2D eigenvalue weighted by molar-refractivity contribution is -0.179. The molecule has 0 unspecified atom stereocenters. The second-order valence-electron chi connectivity index (χ2n) is 5.44. The summed E-state index contributed by atoms with van der Waals surface area (Å²) in [7, 11) is 0.